The molecule has 4 N–H and O–H groups in total. The van der Waals surface area contributed by atoms with E-state index in [4.69, 9.17) is 10.5 Å². The number of nitrogen functional groups attached to an aromatic ring is 1. The number of carbonyl (C=O) groups excluding carboxylic acids is 1. The van der Waals surface area contributed by atoms with Crippen LogP contribution < -0.4 is 11.1 Å². The van der Waals surface area contributed by atoms with Gasteiger partial charge >= 0.3 is 0 Å². The van der Waals surface area contributed by atoms with Crippen molar-refractivity contribution in [2.45, 2.75) is 24.9 Å². The second kappa shape index (κ2) is 6.04. The molecule has 104 valence electrons. The number of carbonyl (C=O) groups is 1. The molecule has 1 aromatic rings. The fourth-order valence-corrected chi connectivity index (χ4v) is 2.09. The summed E-state index contributed by atoms with van der Waals surface area (Å²) in [6, 6.07) is 7.51. The van der Waals surface area contributed by atoms with E-state index in [1.165, 1.54) is 0 Å². The molecule has 1 fully saturated rings. The minimum atomic E-state index is -0.896. The average Bonchev–Trinajstić information content (AvgIpc) is 2.82. The van der Waals surface area contributed by atoms with E-state index in [-0.39, 0.29) is 12.5 Å². The fraction of sp³-hybridized carbons (Fsp3) is 0.500. The largest absolute Gasteiger partial charge is 0.399 e. The Morgan fingerprint density at radius 3 is 3.05 bits per heavy atom. The Labute approximate surface area is 112 Å². The fourth-order valence-electron chi connectivity index (χ4n) is 2.09. The van der Waals surface area contributed by atoms with Gasteiger partial charge in [-0.15, -0.1) is 0 Å². The summed E-state index contributed by atoms with van der Waals surface area (Å²) in [7, 11) is 0. The molecule has 0 bridgehead atoms. The second-order valence-corrected chi connectivity index (χ2v) is 5.05. The van der Waals surface area contributed by atoms with Crippen LogP contribution in [-0.4, -0.2) is 36.4 Å². The Bertz CT molecular complexity index is 442. The Morgan fingerprint density at radius 2 is 2.37 bits per heavy atom. The summed E-state index contributed by atoms with van der Waals surface area (Å²) in [4.78, 5) is 11.7. The van der Waals surface area contributed by atoms with Gasteiger partial charge in [0, 0.05) is 31.7 Å². The van der Waals surface area contributed by atoms with Crippen LogP contribution in [0.4, 0.5) is 5.69 Å². The third-order valence-electron chi connectivity index (χ3n) is 3.29. The topological polar surface area (TPSA) is 84.6 Å². The zero-order valence-corrected chi connectivity index (χ0v) is 10.9. The molecule has 1 saturated heterocycles. The lowest BCUT2D eigenvalue weighted by Crippen LogP contribution is -2.43. The van der Waals surface area contributed by atoms with E-state index in [0.29, 0.717) is 38.2 Å². The summed E-state index contributed by atoms with van der Waals surface area (Å²) in [5, 5.41) is 12.8. The van der Waals surface area contributed by atoms with Gasteiger partial charge < -0.3 is 20.9 Å². The number of nitrogens with one attached hydrogen (secondary N) is 1. The molecule has 0 radical (unpaired) electrons. The molecule has 1 unspecified atom stereocenters. The minimum Gasteiger partial charge on any atom is -0.399 e. The van der Waals surface area contributed by atoms with Gasteiger partial charge in [-0.25, -0.2) is 0 Å². The highest BCUT2D eigenvalue weighted by Crippen LogP contribution is 2.17. The van der Waals surface area contributed by atoms with Crippen LogP contribution in [0.3, 0.4) is 0 Å². The molecule has 1 aliphatic rings. The number of aryl methyl sites for hydroxylation is 1. The van der Waals surface area contributed by atoms with E-state index in [1.54, 1.807) is 0 Å². The molecular weight excluding hydrogens is 244 g/mol. The smallest absolute Gasteiger partial charge is 0.220 e. The van der Waals surface area contributed by atoms with E-state index in [1.807, 2.05) is 24.3 Å². The number of aliphatic hydroxyl groups is 1. The quantitative estimate of drug-likeness (QED) is 0.675. The third kappa shape index (κ3) is 4.22. The molecule has 0 saturated carbocycles. The number of nitrogens with two attached hydrogens (primary N) is 1. The normalized spacial score (nSPS) is 22.4. The summed E-state index contributed by atoms with van der Waals surface area (Å²) in [6.07, 6.45) is 1.61. The van der Waals surface area contributed by atoms with Crippen LogP contribution in [0, 0.1) is 0 Å². The van der Waals surface area contributed by atoms with Crippen molar-refractivity contribution in [1.82, 2.24) is 5.32 Å². The van der Waals surface area contributed by atoms with Crippen LogP contribution in [0.5, 0.6) is 0 Å². The van der Waals surface area contributed by atoms with Gasteiger partial charge in [0.1, 0.15) is 5.60 Å². The number of amides is 1. The van der Waals surface area contributed by atoms with Crippen molar-refractivity contribution in [3.63, 3.8) is 0 Å². The molecule has 5 heteroatoms. The standard InChI is InChI=1S/C14H20N2O3/c15-12-3-1-2-11(8-12)4-5-13(17)16-9-14(18)6-7-19-10-14/h1-3,8,18H,4-7,9-10,15H2,(H,16,17). The number of hydrogen-bond acceptors (Lipinski definition) is 4. The first-order chi connectivity index (χ1) is 9.07. The first-order valence-corrected chi connectivity index (χ1v) is 6.49. The molecular formula is C14H20N2O3. The van der Waals surface area contributed by atoms with Crippen LogP contribution in [0.15, 0.2) is 24.3 Å². The zero-order valence-electron chi connectivity index (χ0n) is 10.9. The third-order valence-corrected chi connectivity index (χ3v) is 3.29. The summed E-state index contributed by atoms with van der Waals surface area (Å²) >= 11 is 0. The Kier molecular flexibility index (Phi) is 4.39. The predicted molar refractivity (Wildman–Crippen MR) is 72.6 cm³/mol. The number of ether oxygens (including phenoxy) is 1. The molecule has 1 amide bonds. The van der Waals surface area contributed by atoms with E-state index < -0.39 is 5.60 Å². The van der Waals surface area contributed by atoms with Crippen molar-refractivity contribution in [3.05, 3.63) is 29.8 Å². The van der Waals surface area contributed by atoms with Gasteiger partial charge in [-0.05, 0) is 24.1 Å². The molecule has 0 spiro atoms. The Balaban J connectivity index is 1.73. The number of anilines is 1. The maximum atomic E-state index is 11.7. The molecule has 1 atom stereocenters. The Hall–Kier alpha value is -1.59. The highest BCUT2D eigenvalue weighted by molar-refractivity contribution is 5.76. The maximum absolute atomic E-state index is 11.7. The molecule has 19 heavy (non-hydrogen) atoms. The van der Waals surface area contributed by atoms with E-state index in [0.717, 1.165) is 5.56 Å². The molecule has 0 aromatic heterocycles. The van der Waals surface area contributed by atoms with Crippen molar-refractivity contribution >= 4 is 11.6 Å². The van der Waals surface area contributed by atoms with E-state index in [9.17, 15) is 9.90 Å². The van der Waals surface area contributed by atoms with Gasteiger partial charge in [-0.2, -0.15) is 0 Å². The lowest BCUT2D eigenvalue weighted by Gasteiger charge is -2.20. The SMILES string of the molecule is Nc1cccc(CCC(=O)NCC2(O)CCOC2)c1. The minimum absolute atomic E-state index is 0.0669. The van der Waals surface area contributed by atoms with Crippen LogP contribution >= 0.6 is 0 Å². The predicted octanol–water partition coefficient (Wildman–Crippen LogP) is 0.469. The average molecular weight is 264 g/mol. The van der Waals surface area contributed by atoms with Gasteiger partial charge in [0.05, 0.1) is 6.61 Å². The lowest BCUT2D eigenvalue weighted by atomic mass is 10.0. The number of benzene rings is 1. The first-order valence-electron chi connectivity index (χ1n) is 6.49. The van der Waals surface area contributed by atoms with E-state index >= 15 is 0 Å². The zero-order chi connectivity index (χ0) is 13.7. The lowest BCUT2D eigenvalue weighted by molar-refractivity contribution is -0.122. The molecule has 1 heterocycles. The van der Waals surface area contributed by atoms with Gasteiger partial charge in [0.15, 0.2) is 0 Å². The van der Waals surface area contributed by atoms with Crippen molar-refractivity contribution in [1.29, 1.82) is 0 Å². The van der Waals surface area contributed by atoms with Gasteiger partial charge in [-0.3, -0.25) is 4.79 Å². The summed E-state index contributed by atoms with van der Waals surface area (Å²) in [5.74, 6) is -0.0669. The van der Waals surface area contributed by atoms with Crippen LogP contribution in [0.2, 0.25) is 0 Å². The summed E-state index contributed by atoms with van der Waals surface area (Å²) in [5.41, 5.74) is 6.52. The second-order valence-electron chi connectivity index (χ2n) is 5.05. The monoisotopic (exact) mass is 264 g/mol. The Morgan fingerprint density at radius 1 is 1.53 bits per heavy atom. The van der Waals surface area contributed by atoms with Gasteiger partial charge in [0.2, 0.25) is 5.91 Å². The maximum Gasteiger partial charge on any atom is 0.220 e. The van der Waals surface area contributed by atoms with Crippen molar-refractivity contribution in [2.24, 2.45) is 0 Å². The van der Waals surface area contributed by atoms with Crippen molar-refractivity contribution in [2.75, 3.05) is 25.5 Å². The molecule has 0 aliphatic carbocycles. The first kappa shape index (κ1) is 13.8. The van der Waals surface area contributed by atoms with Crippen molar-refractivity contribution in [3.8, 4) is 0 Å². The molecule has 2 rings (SSSR count). The van der Waals surface area contributed by atoms with Gasteiger partial charge in [-0.1, -0.05) is 12.1 Å². The molecule has 1 aliphatic heterocycles. The van der Waals surface area contributed by atoms with Crippen LogP contribution in [0.25, 0.3) is 0 Å². The van der Waals surface area contributed by atoms with Crippen molar-refractivity contribution < 1.29 is 14.6 Å². The molecule has 5 nitrogen and oxygen atoms in total. The number of rotatable bonds is 5. The highest BCUT2D eigenvalue weighted by atomic mass is 16.5. The molecule has 1 aromatic carbocycles. The summed E-state index contributed by atoms with van der Waals surface area (Å²) in [6.45, 7) is 1.10. The van der Waals surface area contributed by atoms with Gasteiger partial charge in [0.25, 0.3) is 0 Å². The van der Waals surface area contributed by atoms with E-state index in [2.05, 4.69) is 5.32 Å². The highest BCUT2D eigenvalue weighted by Gasteiger charge is 2.32. The number of hydrogen-bond donors (Lipinski definition) is 3. The van der Waals surface area contributed by atoms with Crippen LogP contribution in [-0.2, 0) is 16.0 Å². The van der Waals surface area contributed by atoms with Crippen LogP contribution in [0.1, 0.15) is 18.4 Å². The summed E-state index contributed by atoms with van der Waals surface area (Å²) < 4.78 is 5.12.